The summed E-state index contributed by atoms with van der Waals surface area (Å²) >= 11 is 0. The van der Waals surface area contributed by atoms with Gasteiger partial charge in [-0.1, -0.05) is 0 Å². The number of benzene rings is 1. The van der Waals surface area contributed by atoms with E-state index in [1.54, 1.807) is 7.05 Å². The molecule has 2 N–H and O–H groups in total. The van der Waals surface area contributed by atoms with Crippen molar-refractivity contribution in [3.05, 3.63) is 44.9 Å². The minimum absolute atomic E-state index is 0.181. The van der Waals surface area contributed by atoms with Crippen LogP contribution in [-0.2, 0) is 6.54 Å². The Bertz CT molecular complexity index is 660. The number of hydrogen-bond donors (Lipinski definition) is 2. The van der Waals surface area contributed by atoms with Gasteiger partial charge in [0.2, 0.25) is 0 Å². The SMILES string of the molecule is CNCCn1c(=O)[nH]c2ccc(F)cc2c1=O. The average molecular weight is 237 g/mol. The van der Waals surface area contributed by atoms with E-state index < -0.39 is 17.1 Å². The molecule has 5 nitrogen and oxygen atoms in total. The molecular weight excluding hydrogens is 225 g/mol. The second-order valence-corrected chi connectivity index (χ2v) is 3.68. The van der Waals surface area contributed by atoms with E-state index in [-0.39, 0.29) is 11.9 Å². The van der Waals surface area contributed by atoms with Crippen molar-refractivity contribution in [2.45, 2.75) is 6.54 Å². The molecule has 0 amide bonds. The highest BCUT2D eigenvalue weighted by atomic mass is 19.1. The molecule has 6 heteroatoms. The normalized spacial score (nSPS) is 10.9. The third-order valence-corrected chi connectivity index (χ3v) is 2.53. The number of hydrogen-bond acceptors (Lipinski definition) is 3. The first-order valence-electron chi connectivity index (χ1n) is 5.20. The van der Waals surface area contributed by atoms with Crippen LogP contribution in [0.5, 0.6) is 0 Å². The molecule has 0 fully saturated rings. The predicted octanol–water partition coefficient (Wildman–Crippen LogP) is 0.0483. The Hall–Kier alpha value is -1.95. The summed E-state index contributed by atoms with van der Waals surface area (Å²) in [5.74, 6) is -0.498. The van der Waals surface area contributed by atoms with Crippen LogP contribution in [0, 0.1) is 5.82 Å². The quantitative estimate of drug-likeness (QED) is 0.792. The summed E-state index contributed by atoms with van der Waals surface area (Å²) in [4.78, 5) is 26.1. The van der Waals surface area contributed by atoms with Crippen LogP contribution >= 0.6 is 0 Å². The molecule has 0 atom stereocenters. The highest BCUT2D eigenvalue weighted by Gasteiger charge is 2.07. The molecule has 0 radical (unpaired) electrons. The molecule has 90 valence electrons. The van der Waals surface area contributed by atoms with Gasteiger partial charge < -0.3 is 10.3 Å². The third kappa shape index (κ3) is 2.12. The topological polar surface area (TPSA) is 66.9 Å². The van der Waals surface area contributed by atoms with E-state index in [2.05, 4.69) is 10.3 Å². The first-order chi connectivity index (χ1) is 8.13. The van der Waals surface area contributed by atoms with E-state index in [0.29, 0.717) is 12.1 Å². The molecule has 0 saturated carbocycles. The van der Waals surface area contributed by atoms with Gasteiger partial charge in [-0.05, 0) is 25.2 Å². The van der Waals surface area contributed by atoms with E-state index in [1.807, 2.05) is 0 Å². The number of nitrogens with zero attached hydrogens (tertiary/aromatic N) is 1. The largest absolute Gasteiger partial charge is 0.328 e. The lowest BCUT2D eigenvalue weighted by Crippen LogP contribution is -2.37. The van der Waals surface area contributed by atoms with Crippen LogP contribution in [-0.4, -0.2) is 23.1 Å². The van der Waals surface area contributed by atoms with E-state index >= 15 is 0 Å². The molecule has 0 saturated heterocycles. The first-order valence-corrected chi connectivity index (χ1v) is 5.20. The molecule has 2 aromatic rings. The molecule has 0 aliphatic heterocycles. The molecule has 1 aromatic carbocycles. The van der Waals surface area contributed by atoms with Crippen molar-refractivity contribution >= 4 is 10.9 Å². The second-order valence-electron chi connectivity index (χ2n) is 3.68. The molecule has 1 heterocycles. The fourth-order valence-corrected chi connectivity index (χ4v) is 1.65. The van der Waals surface area contributed by atoms with E-state index in [4.69, 9.17) is 0 Å². The van der Waals surface area contributed by atoms with Gasteiger partial charge in [-0.2, -0.15) is 0 Å². The van der Waals surface area contributed by atoms with Gasteiger partial charge in [0, 0.05) is 13.1 Å². The Morgan fingerprint density at radius 1 is 1.41 bits per heavy atom. The van der Waals surface area contributed by atoms with Gasteiger partial charge in [-0.25, -0.2) is 9.18 Å². The van der Waals surface area contributed by atoms with Gasteiger partial charge in [-0.3, -0.25) is 9.36 Å². The zero-order valence-electron chi connectivity index (χ0n) is 9.29. The lowest BCUT2D eigenvalue weighted by molar-refractivity contribution is 0.600. The number of aromatic amines is 1. The zero-order chi connectivity index (χ0) is 12.4. The summed E-state index contributed by atoms with van der Waals surface area (Å²) in [6.07, 6.45) is 0. The number of rotatable bonds is 3. The Labute approximate surface area is 95.9 Å². The summed E-state index contributed by atoms with van der Waals surface area (Å²) in [5, 5.41) is 3.02. The van der Waals surface area contributed by atoms with Gasteiger partial charge in [0.1, 0.15) is 5.82 Å². The van der Waals surface area contributed by atoms with Gasteiger partial charge in [0.15, 0.2) is 0 Å². The van der Waals surface area contributed by atoms with Crippen LogP contribution in [0.3, 0.4) is 0 Å². The molecule has 0 bridgehead atoms. The first kappa shape index (κ1) is 11.5. The smallest absolute Gasteiger partial charge is 0.318 e. The lowest BCUT2D eigenvalue weighted by atomic mass is 10.2. The maximum Gasteiger partial charge on any atom is 0.328 e. The minimum atomic E-state index is -0.498. The van der Waals surface area contributed by atoms with Crippen molar-refractivity contribution in [2.75, 3.05) is 13.6 Å². The number of likely N-dealkylation sites (N-methyl/N-ethyl adjacent to an activating group) is 1. The van der Waals surface area contributed by atoms with Gasteiger partial charge in [0.25, 0.3) is 5.56 Å². The van der Waals surface area contributed by atoms with Gasteiger partial charge in [-0.15, -0.1) is 0 Å². The van der Waals surface area contributed by atoms with Crippen LogP contribution in [0.2, 0.25) is 0 Å². The van der Waals surface area contributed by atoms with Crippen LogP contribution < -0.4 is 16.6 Å². The van der Waals surface area contributed by atoms with Crippen molar-refractivity contribution in [1.82, 2.24) is 14.9 Å². The van der Waals surface area contributed by atoms with E-state index in [9.17, 15) is 14.0 Å². The fourth-order valence-electron chi connectivity index (χ4n) is 1.65. The monoisotopic (exact) mass is 237 g/mol. The Balaban J connectivity index is 2.69. The summed E-state index contributed by atoms with van der Waals surface area (Å²) < 4.78 is 14.1. The van der Waals surface area contributed by atoms with Crippen molar-refractivity contribution in [2.24, 2.45) is 0 Å². The number of fused-ring (bicyclic) bond motifs is 1. The molecule has 0 aliphatic rings. The zero-order valence-corrected chi connectivity index (χ0v) is 9.29. The van der Waals surface area contributed by atoms with Crippen molar-refractivity contribution in [3.63, 3.8) is 0 Å². The maximum atomic E-state index is 13.0. The molecule has 1 aromatic heterocycles. The summed E-state index contributed by atoms with van der Waals surface area (Å²) in [6.45, 7) is 0.737. The third-order valence-electron chi connectivity index (χ3n) is 2.53. The standard InChI is InChI=1S/C11H12FN3O2/c1-13-4-5-15-10(16)8-6-7(12)2-3-9(8)14-11(15)17/h2-3,6,13H,4-5H2,1H3,(H,14,17). The molecule has 17 heavy (non-hydrogen) atoms. The van der Waals surface area contributed by atoms with Crippen LogP contribution in [0.25, 0.3) is 10.9 Å². The predicted molar refractivity (Wildman–Crippen MR) is 62.7 cm³/mol. The molecular formula is C11H12FN3O2. The highest BCUT2D eigenvalue weighted by Crippen LogP contribution is 2.06. The number of H-pyrrole nitrogens is 1. The molecule has 0 aliphatic carbocycles. The lowest BCUT2D eigenvalue weighted by Gasteiger charge is -2.05. The summed E-state index contributed by atoms with van der Waals surface area (Å²) in [7, 11) is 1.72. The number of aromatic nitrogens is 2. The van der Waals surface area contributed by atoms with Crippen LogP contribution in [0.15, 0.2) is 27.8 Å². The second kappa shape index (κ2) is 4.50. The molecule has 0 spiro atoms. The maximum absolute atomic E-state index is 13.0. The van der Waals surface area contributed by atoms with E-state index in [1.165, 1.54) is 12.1 Å². The van der Waals surface area contributed by atoms with Gasteiger partial charge in [0.05, 0.1) is 10.9 Å². The molecule has 2 rings (SSSR count). The fraction of sp³-hybridized carbons (Fsp3) is 0.273. The number of halogens is 1. The summed E-state index contributed by atoms with van der Waals surface area (Å²) in [6, 6.07) is 3.72. The Morgan fingerprint density at radius 2 is 2.18 bits per heavy atom. The van der Waals surface area contributed by atoms with E-state index in [0.717, 1.165) is 10.6 Å². The van der Waals surface area contributed by atoms with Crippen molar-refractivity contribution < 1.29 is 4.39 Å². The van der Waals surface area contributed by atoms with Gasteiger partial charge >= 0.3 is 5.69 Å². The van der Waals surface area contributed by atoms with Crippen molar-refractivity contribution in [1.29, 1.82) is 0 Å². The average Bonchev–Trinajstić information content (AvgIpc) is 2.30. The van der Waals surface area contributed by atoms with Crippen LogP contribution in [0.1, 0.15) is 0 Å². The van der Waals surface area contributed by atoms with Crippen molar-refractivity contribution in [3.8, 4) is 0 Å². The Morgan fingerprint density at radius 3 is 2.88 bits per heavy atom. The van der Waals surface area contributed by atoms with Crippen LogP contribution in [0.4, 0.5) is 4.39 Å². The number of nitrogens with one attached hydrogen (secondary N) is 2. The Kier molecular flexibility index (Phi) is 3.06. The molecule has 0 unspecified atom stereocenters. The minimum Gasteiger partial charge on any atom is -0.318 e. The summed E-state index contributed by atoms with van der Waals surface area (Å²) in [5.41, 5.74) is -0.607. The highest BCUT2D eigenvalue weighted by molar-refractivity contribution is 5.77.